The summed E-state index contributed by atoms with van der Waals surface area (Å²) in [6.07, 6.45) is 0. The predicted molar refractivity (Wildman–Crippen MR) is 83.6 cm³/mol. The summed E-state index contributed by atoms with van der Waals surface area (Å²) < 4.78 is 0. The van der Waals surface area contributed by atoms with Crippen molar-refractivity contribution in [1.29, 1.82) is 10.8 Å². The highest BCUT2D eigenvalue weighted by Gasteiger charge is 2.12. The van der Waals surface area contributed by atoms with Gasteiger partial charge in [-0.15, -0.1) is 11.8 Å². The summed E-state index contributed by atoms with van der Waals surface area (Å²) in [6.45, 7) is 0. The van der Waals surface area contributed by atoms with Crippen LogP contribution in [-0.2, 0) is 5.75 Å². The van der Waals surface area contributed by atoms with E-state index in [0.29, 0.717) is 21.2 Å². The second-order valence-corrected chi connectivity index (χ2v) is 5.48. The highest BCUT2D eigenvalue weighted by molar-refractivity contribution is 7.98. The van der Waals surface area contributed by atoms with Gasteiger partial charge in [0, 0.05) is 15.7 Å². The monoisotopic (exact) mass is 318 g/mol. The van der Waals surface area contributed by atoms with Crippen LogP contribution in [0.25, 0.3) is 0 Å². The first kappa shape index (κ1) is 15.1. The van der Waals surface area contributed by atoms with Gasteiger partial charge in [0.25, 0.3) is 0 Å². The lowest BCUT2D eigenvalue weighted by Crippen LogP contribution is -1.98. The number of benzene rings is 1. The van der Waals surface area contributed by atoms with E-state index in [1.165, 1.54) is 11.8 Å². The number of nitrogens with one attached hydrogen (secondary N) is 1. The largest absolute Gasteiger partial charge is 0.384 e. The summed E-state index contributed by atoms with van der Waals surface area (Å²) in [5.74, 6) is 0.794. The summed E-state index contributed by atoms with van der Waals surface area (Å²) >= 11 is 7.47. The fourth-order valence-corrected chi connectivity index (χ4v) is 3.16. The Morgan fingerprint density at radius 1 is 1.43 bits per heavy atom. The van der Waals surface area contributed by atoms with Crippen molar-refractivity contribution < 1.29 is 0 Å². The number of halogens is 1. The van der Waals surface area contributed by atoms with E-state index in [1.54, 1.807) is 24.3 Å². The van der Waals surface area contributed by atoms with Crippen LogP contribution in [0.15, 0.2) is 34.3 Å². The summed E-state index contributed by atoms with van der Waals surface area (Å²) in [4.78, 5) is 4.49. The van der Waals surface area contributed by atoms with Crippen molar-refractivity contribution in [2.24, 2.45) is 5.11 Å². The Balaban J connectivity index is 2.34. The number of nitriles is 1. The topological polar surface area (TPSA) is 125 Å². The number of nitrogens with two attached hydrogens (primary N) is 2. The minimum Gasteiger partial charge on any atom is -0.384 e. The van der Waals surface area contributed by atoms with Gasteiger partial charge in [-0.25, -0.2) is 10.5 Å². The van der Waals surface area contributed by atoms with E-state index in [0.717, 1.165) is 5.56 Å². The molecule has 1 aromatic carbocycles. The van der Waals surface area contributed by atoms with Gasteiger partial charge in [-0.2, -0.15) is 10.4 Å². The van der Waals surface area contributed by atoms with Crippen molar-refractivity contribution >= 4 is 40.7 Å². The molecule has 8 heteroatoms. The molecule has 0 bridgehead atoms. The molecule has 5 N–H and O–H groups in total. The molecule has 0 fully saturated rings. The van der Waals surface area contributed by atoms with Gasteiger partial charge in [0.2, 0.25) is 0 Å². The number of hydrogen-bond donors (Lipinski definition) is 3. The van der Waals surface area contributed by atoms with Gasteiger partial charge in [-0.3, -0.25) is 0 Å². The van der Waals surface area contributed by atoms with Crippen molar-refractivity contribution in [2.75, 3.05) is 11.5 Å². The smallest absolute Gasteiger partial charge is 0.154 e. The average molecular weight is 319 g/mol. The van der Waals surface area contributed by atoms with E-state index < -0.39 is 0 Å². The first-order valence-electron chi connectivity index (χ1n) is 5.80. The number of nitrogens with zero attached hydrogens (tertiary/aromatic N) is 3. The predicted octanol–water partition coefficient (Wildman–Crippen LogP) is 3.73. The standard InChI is InChI=1S/C13H11ClN6S/c14-9-3-1-2-7(5-15)8(9)6-21-10-4-11(16)19-13(17)12(10)20-18/h1-4,18H,6H2,(H4,16,17,19). The van der Waals surface area contributed by atoms with E-state index in [1.807, 2.05) is 0 Å². The lowest BCUT2D eigenvalue weighted by Gasteiger charge is -2.09. The summed E-state index contributed by atoms with van der Waals surface area (Å²) in [5.41, 5.74) is 20.0. The maximum absolute atomic E-state index is 9.11. The zero-order chi connectivity index (χ0) is 15.4. The third-order valence-electron chi connectivity index (χ3n) is 2.73. The number of pyridine rings is 1. The number of hydrogen-bond acceptors (Lipinski definition) is 7. The second kappa shape index (κ2) is 6.43. The molecule has 0 radical (unpaired) electrons. The highest BCUT2D eigenvalue weighted by Crippen LogP contribution is 2.38. The number of rotatable bonds is 4. The third kappa shape index (κ3) is 3.24. The Bertz CT molecular complexity index is 740. The zero-order valence-corrected chi connectivity index (χ0v) is 12.4. The summed E-state index contributed by atoms with van der Waals surface area (Å²) in [5, 5.41) is 13.0. The van der Waals surface area contributed by atoms with Crippen molar-refractivity contribution in [3.05, 3.63) is 40.4 Å². The van der Waals surface area contributed by atoms with E-state index in [4.69, 9.17) is 33.9 Å². The molecule has 1 heterocycles. The summed E-state index contributed by atoms with van der Waals surface area (Å²) in [6, 6.07) is 8.85. The molecule has 0 saturated heterocycles. The van der Waals surface area contributed by atoms with Crippen molar-refractivity contribution in [3.8, 4) is 6.07 Å². The van der Waals surface area contributed by atoms with Gasteiger partial charge in [-0.05, 0) is 23.8 Å². The molecule has 2 aromatic rings. The van der Waals surface area contributed by atoms with Crippen LogP contribution in [0.4, 0.5) is 17.3 Å². The highest BCUT2D eigenvalue weighted by atomic mass is 35.5. The summed E-state index contributed by atoms with van der Waals surface area (Å²) in [7, 11) is 0. The molecular weight excluding hydrogens is 308 g/mol. The van der Waals surface area contributed by atoms with Gasteiger partial charge in [-0.1, -0.05) is 17.7 Å². The Hall–Kier alpha value is -2.30. The van der Waals surface area contributed by atoms with Crippen LogP contribution in [0.3, 0.4) is 0 Å². The van der Waals surface area contributed by atoms with E-state index >= 15 is 0 Å². The van der Waals surface area contributed by atoms with E-state index in [9.17, 15) is 0 Å². The normalized spacial score (nSPS) is 10.1. The number of nitrogen functional groups attached to an aromatic ring is 2. The minimum absolute atomic E-state index is 0.104. The molecule has 6 nitrogen and oxygen atoms in total. The lowest BCUT2D eigenvalue weighted by atomic mass is 10.1. The zero-order valence-electron chi connectivity index (χ0n) is 10.8. The SMILES string of the molecule is N#Cc1cccc(Cl)c1CSc1cc(N)nc(N)c1N=N. The van der Waals surface area contributed by atoms with Gasteiger partial charge < -0.3 is 11.5 Å². The van der Waals surface area contributed by atoms with Gasteiger partial charge in [0.05, 0.1) is 11.6 Å². The Morgan fingerprint density at radius 3 is 2.86 bits per heavy atom. The van der Waals surface area contributed by atoms with Crippen molar-refractivity contribution in [1.82, 2.24) is 4.98 Å². The van der Waals surface area contributed by atoms with Gasteiger partial charge in [0.1, 0.15) is 11.5 Å². The molecule has 1 aromatic heterocycles. The molecular formula is C13H11ClN6S. The number of aromatic nitrogens is 1. The van der Waals surface area contributed by atoms with Crippen LogP contribution in [0.2, 0.25) is 5.02 Å². The maximum Gasteiger partial charge on any atom is 0.154 e. The van der Waals surface area contributed by atoms with Crippen LogP contribution < -0.4 is 11.5 Å². The molecule has 0 saturated carbocycles. The molecule has 2 rings (SSSR count). The van der Waals surface area contributed by atoms with Crippen LogP contribution in [-0.4, -0.2) is 4.98 Å². The molecule has 0 aliphatic rings. The number of thioether (sulfide) groups is 1. The Kier molecular flexibility index (Phi) is 4.62. The first-order chi connectivity index (χ1) is 10.1. The average Bonchev–Trinajstić information content (AvgIpc) is 2.45. The minimum atomic E-state index is 0.104. The Labute approximate surface area is 130 Å². The third-order valence-corrected chi connectivity index (χ3v) is 4.14. The number of anilines is 2. The molecule has 0 atom stereocenters. The van der Waals surface area contributed by atoms with Crippen LogP contribution in [0.1, 0.15) is 11.1 Å². The fraction of sp³-hybridized carbons (Fsp3) is 0.0769. The van der Waals surface area contributed by atoms with Crippen molar-refractivity contribution in [3.63, 3.8) is 0 Å². The fourth-order valence-electron chi connectivity index (χ4n) is 1.74. The molecule has 106 valence electrons. The molecule has 0 aliphatic carbocycles. The quantitative estimate of drug-likeness (QED) is 0.585. The lowest BCUT2D eigenvalue weighted by molar-refractivity contribution is 1.10. The van der Waals surface area contributed by atoms with Gasteiger partial charge >= 0.3 is 0 Å². The van der Waals surface area contributed by atoms with Crippen LogP contribution in [0.5, 0.6) is 0 Å². The van der Waals surface area contributed by atoms with Crippen LogP contribution >= 0.6 is 23.4 Å². The molecule has 0 amide bonds. The molecule has 0 spiro atoms. The molecule has 0 unspecified atom stereocenters. The van der Waals surface area contributed by atoms with E-state index in [-0.39, 0.29) is 17.3 Å². The molecule has 21 heavy (non-hydrogen) atoms. The Morgan fingerprint density at radius 2 is 2.19 bits per heavy atom. The first-order valence-corrected chi connectivity index (χ1v) is 7.17. The van der Waals surface area contributed by atoms with Crippen LogP contribution in [0, 0.1) is 16.9 Å². The molecule has 0 aliphatic heterocycles. The van der Waals surface area contributed by atoms with E-state index in [2.05, 4.69) is 16.2 Å². The maximum atomic E-state index is 9.11. The van der Waals surface area contributed by atoms with Crippen molar-refractivity contribution in [2.45, 2.75) is 10.6 Å². The second-order valence-electron chi connectivity index (χ2n) is 4.06. The van der Waals surface area contributed by atoms with Gasteiger partial charge in [0.15, 0.2) is 5.82 Å².